The van der Waals surface area contributed by atoms with Gasteiger partial charge in [0.1, 0.15) is 0 Å². The Bertz CT molecular complexity index is 359. The molecule has 1 rings (SSSR count). The maximum atomic E-state index is 12.4. The Labute approximate surface area is 106 Å². The topological polar surface area (TPSA) is 29.3 Å². The molecule has 0 heterocycles. The summed E-state index contributed by atoms with van der Waals surface area (Å²) in [5, 5.41) is 0. The van der Waals surface area contributed by atoms with E-state index in [1.54, 1.807) is 0 Å². The number of nitrogens with two attached hydrogens (primary N) is 1. The van der Waals surface area contributed by atoms with Gasteiger partial charge in [0, 0.05) is 13.1 Å². The molecule has 0 amide bonds. The highest BCUT2D eigenvalue weighted by Crippen LogP contribution is 2.29. The van der Waals surface area contributed by atoms with Gasteiger partial charge in [0.05, 0.1) is 5.56 Å². The highest BCUT2D eigenvalue weighted by atomic mass is 19.4. The molecule has 0 aromatic heterocycles. The SMILES string of the molecule is CC(CN)CN(C)Cc1ccc(C(F)(F)F)cc1. The molecule has 0 aliphatic rings. The lowest BCUT2D eigenvalue weighted by Crippen LogP contribution is -2.28. The van der Waals surface area contributed by atoms with Crippen LogP contribution in [0.1, 0.15) is 18.1 Å². The lowest BCUT2D eigenvalue weighted by molar-refractivity contribution is -0.137. The fourth-order valence-electron chi connectivity index (χ4n) is 1.78. The van der Waals surface area contributed by atoms with E-state index in [9.17, 15) is 13.2 Å². The van der Waals surface area contributed by atoms with Crippen molar-refractivity contribution in [2.45, 2.75) is 19.6 Å². The predicted octanol–water partition coefficient (Wildman–Crippen LogP) is 2.73. The lowest BCUT2D eigenvalue weighted by Gasteiger charge is -2.20. The van der Waals surface area contributed by atoms with E-state index in [0.29, 0.717) is 19.0 Å². The van der Waals surface area contributed by atoms with Crippen LogP contribution in [0.15, 0.2) is 24.3 Å². The van der Waals surface area contributed by atoms with Gasteiger partial charge in [-0.3, -0.25) is 0 Å². The number of hydrogen-bond acceptors (Lipinski definition) is 2. The fraction of sp³-hybridized carbons (Fsp3) is 0.538. The van der Waals surface area contributed by atoms with Gasteiger partial charge in [0.15, 0.2) is 0 Å². The van der Waals surface area contributed by atoms with Crippen LogP contribution in [-0.4, -0.2) is 25.0 Å². The van der Waals surface area contributed by atoms with Crippen LogP contribution in [0.25, 0.3) is 0 Å². The zero-order valence-corrected chi connectivity index (χ0v) is 10.7. The van der Waals surface area contributed by atoms with Crippen LogP contribution >= 0.6 is 0 Å². The van der Waals surface area contributed by atoms with E-state index >= 15 is 0 Å². The van der Waals surface area contributed by atoms with Crippen LogP contribution in [0.3, 0.4) is 0 Å². The third kappa shape index (κ3) is 4.66. The molecule has 102 valence electrons. The number of halogens is 3. The molecular weight excluding hydrogens is 241 g/mol. The standard InChI is InChI=1S/C13H19F3N2/c1-10(7-17)8-18(2)9-11-3-5-12(6-4-11)13(14,15)16/h3-6,10H,7-9,17H2,1-2H3. The van der Waals surface area contributed by atoms with E-state index in [-0.39, 0.29) is 0 Å². The first-order chi connectivity index (χ1) is 8.32. The maximum Gasteiger partial charge on any atom is 0.416 e. The average molecular weight is 260 g/mol. The highest BCUT2D eigenvalue weighted by Gasteiger charge is 2.29. The molecule has 2 nitrogen and oxygen atoms in total. The Hall–Kier alpha value is -1.07. The van der Waals surface area contributed by atoms with Crippen LogP contribution in [0.2, 0.25) is 0 Å². The summed E-state index contributed by atoms with van der Waals surface area (Å²) >= 11 is 0. The van der Waals surface area contributed by atoms with Gasteiger partial charge in [-0.05, 0) is 37.2 Å². The van der Waals surface area contributed by atoms with Gasteiger partial charge in [-0.25, -0.2) is 0 Å². The zero-order valence-electron chi connectivity index (χ0n) is 10.7. The fourth-order valence-corrected chi connectivity index (χ4v) is 1.78. The summed E-state index contributed by atoms with van der Waals surface area (Å²) in [6.07, 6.45) is -4.27. The Balaban J connectivity index is 2.58. The molecule has 0 aliphatic heterocycles. The second-order valence-electron chi connectivity index (χ2n) is 4.73. The second kappa shape index (κ2) is 6.20. The van der Waals surface area contributed by atoms with Crippen molar-refractivity contribution in [2.24, 2.45) is 11.7 Å². The molecule has 0 bridgehead atoms. The van der Waals surface area contributed by atoms with E-state index in [0.717, 1.165) is 24.2 Å². The Kier molecular flexibility index (Phi) is 5.16. The Morgan fingerprint density at radius 2 is 1.78 bits per heavy atom. The maximum absolute atomic E-state index is 12.4. The van der Waals surface area contributed by atoms with Gasteiger partial charge in [-0.2, -0.15) is 13.2 Å². The summed E-state index contributed by atoms with van der Waals surface area (Å²) in [5.41, 5.74) is 5.79. The predicted molar refractivity (Wildman–Crippen MR) is 66.0 cm³/mol. The quantitative estimate of drug-likeness (QED) is 0.882. The van der Waals surface area contributed by atoms with Crippen LogP contribution in [-0.2, 0) is 12.7 Å². The summed E-state index contributed by atoms with van der Waals surface area (Å²) in [7, 11) is 1.93. The monoisotopic (exact) mass is 260 g/mol. The molecule has 18 heavy (non-hydrogen) atoms. The van der Waals surface area contributed by atoms with Crippen molar-refractivity contribution >= 4 is 0 Å². The smallest absolute Gasteiger partial charge is 0.330 e. The molecule has 1 aromatic carbocycles. The van der Waals surface area contributed by atoms with Gasteiger partial charge >= 0.3 is 6.18 Å². The van der Waals surface area contributed by atoms with Crippen molar-refractivity contribution in [3.63, 3.8) is 0 Å². The first-order valence-corrected chi connectivity index (χ1v) is 5.87. The van der Waals surface area contributed by atoms with Gasteiger partial charge in [-0.15, -0.1) is 0 Å². The van der Waals surface area contributed by atoms with E-state index in [1.165, 1.54) is 12.1 Å². The largest absolute Gasteiger partial charge is 0.416 e. The minimum absolute atomic E-state index is 0.379. The van der Waals surface area contributed by atoms with Gasteiger partial charge < -0.3 is 10.6 Å². The summed E-state index contributed by atoms with van der Waals surface area (Å²) in [6, 6.07) is 5.28. The van der Waals surface area contributed by atoms with Crippen molar-refractivity contribution in [1.82, 2.24) is 4.90 Å². The molecule has 0 fully saturated rings. The number of benzene rings is 1. The number of rotatable bonds is 5. The van der Waals surface area contributed by atoms with Crippen LogP contribution in [0, 0.1) is 5.92 Å². The van der Waals surface area contributed by atoms with Gasteiger partial charge in [-0.1, -0.05) is 19.1 Å². The minimum Gasteiger partial charge on any atom is -0.330 e. The Morgan fingerprint density at radius 3 is 2.22 bits per heavy atom. The zero-order chi connectivity index (χ0) is 13.8. The molecule has 0 aliphatic carbocycles. The lowest BCUT2D eigenvalue weighted by atomic mass is 10.1. The van der Waals surface area contributed by atoms with Crippen molar-refractivity contribution in [3.05, 3.63) is 35.4 Å². The molecule has 0 spiro atoms. The van der Waals surface area contributed by atoms with E-state index in [2.05, 4.69) is 4.90 Å². The first kappa shape index (κ1) is 15.0. The average Bonchev–Trinajstić information content (AvgIpc) is 2.28. The van der Waals surface area contributed by atoms with Crippen LogP contribution < -0.4 is 5.73 Å². The summed E-state index contributed by atoms with van der Waals surface area (Å²) in [6.45, 7) is 4.11. The number of alkyl halides is 3. The van der Waals surface area contributed by atoms with E-state index < -0.39 is 11.7 Å². The van der Waals surface area contributed by atoms with Crippen molar-refractivity contribution in [3.8, 4) is 0 Å². The number of nitrogens with zero attached hydrogens (tertiary/aromatic N) is 1. The molecule has 1 unspecified atom stereocenters. The van der Waals surface area contributed by atoms with Gasteiger partial charge in [0.2, 0.25) is 0 Å². The molecular formula is C13H19F3N2. The van der Waals surface area contributed by atoms with Crippen molar-refractivity contribution in [2.75, 3.05) is 20.1 Å². The summed E-state index contributed by atoms with van der Waals surface area (Å²) in [5.74, 6) is 0.379. The second-order valence-corrected chi connectivity index (χ2v) is 4.73. The Morgan fingerprint density at radius 1 is 1.22 bits per heavy atom. The third-order valence-electron chi connectivity index (χ3n) is 2.76. The van der Waals surface area contributed by atoms with E-state index in [1.807, 2.05) is 14.0 Å². The molecule has 1 aromatic rings. The third-order valence-corrected chi connectivity index (χ3v) is 2.76. The molecule has 1 atom stereocenters. The molecule has 2 N–H and O–H groups in total. The molecule has 5 heteroatoms. The summed E-state index contributed by atoms with van der Waals surface area (Å²) in [4.78, 5) is 2.06. The highest BCUT2D eigenvalue weighted by molar-refractivity contribution is 5.24. The minimum atomic E-state index is -4.27. The van der Waals surface area contributed by atoms with E-state index in [4.69, 9.17) is 5.73 Å². The van der Waals surface area contributed by atoms with Gasteiger partial charge in [0.25, 0.3) is 0 Å². The van der Waals surface area contributed by atoms with Crippen molar-refractivity contribution < 1.29 is 13.2 Å². The molecule has 0 saturated carbocycles. The van der Waals surface area contributed by atoms with Crippen molar-refractivity contribution in [1.29, 1.82) is 0 Å². The molecule has 0 radical (unpaired) electrons. The summed E-state index contributed by atoms with van der Waals surface area (Å²) < 4.78 is 37.1. The number of hydrogen-bond donors (Lipinski definition) is 1. The van der Waals surface area contributed by atoms with Crippen LogP contribution in [0.4, 0.5) is 13.2 Å². The van der Waals surface area contributed by atoms with Crippen LogP contribution in [0.5, 0.6) is 0 Å². The molecule has 0 saturated heterocycles. The normalized spacial score (nSPS) is 13.9. The first-order valence-electron chi connectivity index (χ1n) is 5.87.